The number of methoxy groups -OCH3 is 1. The topological polar surface area (TPSA) is 47.6 Å². The first kappa shape index (κ1) is 15.5. The van der Waals surface area contributed by atoms with Gasteiger partial charge < -0.3 is 14.8 Å². The minimum Gasteiger partial charge on any atom is -0.493 e. The minimum atomic E-state index is -2.93. The Balaban J connectivity index is 2.80. The lowest BCUT2D eigenvalue weighted by atomic mass is 10.2. The number of carbonyl (C=O) groups is 1. The Morgan fingerprint density at radius 1 is 1.50 bits per heavy atom. The highest BCUT2D eigenvalue weighted by Gasteiger charge is 2.10. The van der Waals surface area contributed by atoms with Crippen LogP contribution in [0.15, 0.2) is 24.3 Å². The van der Waals surface area contributed by atoms with Crippen LogP contribution < -0.4 is 14.8 Å². The maximum Gasteiger partial charge on any atom is 0.387 e. The highest BCUT2D eigenvalue weighted by atomic mass is 19.3. The van der Waals surface area contributed by atoms with Crippen LogP contribution in [0.5, 0.6) is 11.5 Å². The van der Waals surface area contributed by atoms with Crippen molar-refractivity contribution >= 4 is 12.0 Å². The molecule has 0 heterocycles. The molecule has 20 heavy (non-hydrogen) atoms. The van der Waals surface area contributed by atoms with Gasteiger partial charge in [0.25, 0.3) is 0 Å². The highest BCUT2D eigenvalue weighted by Crippen LogP contribution is 2.29. The van der Waals surface area contributed by atoms with E-state index < -0.39 is 6.61 Å². The SMILES string of the molecule is C#CCNC(=O)C=Cc1ccc(OC(F)F)c(OC)c1. The number of ether oxygens (including phenoxy) is 2. The molecule has 0 saturated carbocycles. The van der Waals surface area contributed by atoms with Crippen LogP contribution in [0, 0.1) is 12.3 Å². The van der Waals surface area contributed by atoms with Crippen LogP contribution in [0.2, 0.25) is 0 Å². The Hall–Kier alpha value is -2.55. The van der Waals surface area contributed by atoms with Crippen molar-refractivity contribution in [2.24, 2.45) is 0 Å². The average Bonchev–Trinajstić information content (AvgIpc) is 2.43. The summed E-state index contributed by atoms with van der Waals surface area (Å²) < 4.78 is 33.5. The first-order valence-electron chi connectivity index (χ1n) is 5.59. The summed E-state index contributed by atoms with van der Waals surface area (Å²) in [4.78, 5) is 11.3. The zero-order valence-electron chi connectivity index (χ0n) is 10.7. The molecule has 0 saturated heterocycles. The number of nitrogens with one attached hydrogen (secondary N) is 1. The molecule has 0 fully saturated rings. The number of carbonyl (C=O) groups excluding carboxylic acids is 1. The van der Waals surface area contributed by atoms with E-state index in [4.69, 9.17) is 11.2 Å². The quantitative estimate of drug-likeness (QED) is 0.641. The van der Waals surface area contributed by atoms with Crippen molar-refractivity contribution in [2.45, 2.75) is 6.61 Å². The number of benzene rings is 1. The van der Waals surface area contributed by atoms with Crippen molar-refractivity contribution in [3.63, 3.8) is 0 Å². The average molecular weight is 281 g/mol. The molecule has 0 unspecified atom stereocenters. The molecule has 0 spiro atoms. The van der Waals surface area contributed by atoms with Gasteiger partial charge in [-0.25, -0.2) is 0 Å². The first-order chi connectivity index (χ1) is 9.56. The molecule has 0 aliphatic rings. The molecular formula is C14H13F2NO3. The standard InChI is InChI=1S/C14H13F2NO3/c1-3-8-17-13(18)7-5-10-4-6-11(20-14(15)16)12(9-10)19-2/h1,4-7,9,14H,8H2,2H3,(H,17,18). The predicted octanol–water partition coefficient (Wildman–Crippen LogP) is 2.06. The summed E-state index contributed by atoms with van der Waals surface area (Å²) in [6.07, 6.45) is 7.78. The highest BCUT2D eigenvalue weighted by molar-refractivity contribution is 5.91. The maximum absolute atomic E-state index is 12.1. The van der Waals surface area contributed by atoms with E-state index in [1.54, 1.807) is 0 Å². The van der Waals surface area contributed by atoms with E-state index in [-0.39, 0.29) is 24.0 Å². The van der Waals surface area contributed by atoms with E-state index in [0.29, 0.717) is 5.56 Å². The molecule has 1 aromatic carbocycles. The normalized spacial score (nSPS) is 10.3. The summed E-state index contributed by atoms with van der Waals surface area (Å²) in [6.45, 7) is -2.80. The van der Waals surface area contributed by atoms with Gasteiger partial charge in [0.05, 0.1) is 13.7 Å². The summed E-state index contributed by atoms with van der Waals surface area (Å²) >= 11 is 0. The van der Waals surface area contributed by atoms with E-state index in [9.17, 15) is 13.6 Å². The van der Waals surface area contributed by atoms with E-state index in [1.165, 1.54) is 37.5 Å². The second kappa shape index (κ2) is 7.79. The number of hydrogen-bond acceptors (Lipinski definition) is 3. The number of hydrogen-bond donors (Lipinski definition) is 1. The summed E-state index contributed by atoms with van der Waals surface area (Å²) in [7, 11) is 1.33. The summed E-state index contributed by atoms with van der Waals surface area (Å²) in [6, 6.07) is 4.33. The van der Waals surface area contributed by atoms with Gasteiger partial charge in [0.15, 0.2) is 11.5 Å². The molecular weight excluding hydrogens is 268 g/mol. The lowest BCUT2D eigenvalue weighted by molar-refractivity contribution is -0.116. The van der Waals surface area contributed by atoms with Crippen LogP contribution in [-0.2, 0) is 4.79 Å². The fraction of sp³-hybridized carbons (Fsp3) is 0.214. The van der Waals surface area contributed by atoms with Gasteiger partial charge in [-0.1, -0.05) is 12.0 Å². The van der Waals surface area contributed by atoms with Crippen LogP contribution in [0.25, 0.3) is 6.08 Å². The fourth-order valence-corrected chi connectivity index (χ4v) is 1.35. The Kier molecular flexibility index (Phi) is 6.04. The number of rotatable bonds is 6. The van der Waals surface area contributed by atoms with Gasteiger partial charge >= 0.3 is 6.61 Å². The Morgan fingerprint density at radius 3 is 2.85 bits per heavy atom. The maximum atomic E-state index is 12.1. The Bertz CT molecular complexity index is 536. The second-order valence-electron chi connectivity index (χ2n) is 3.54. The van der Waals surface area contributed by atoms with Crippen LogP contribution in [-0.4, -0.2) is 26.2 Å². The molecule has 0 aromatic heterocycles. The molecule has 106 valence electrons. The van der Waals surface area contributed by atoms with Crippen LogP contribution in [0.4, 0.5) is 8.78 Å². The third kappa shape index (κ3) is 4.98. The van der Waals surface area contributed by atoms with Crippen molar-refractivity contribution < 1.29 is 23.0 Å². The first-order valence-corrected chi connectivity index (χ1v) is 5.59. The van der Waals surface area contributed by atoms with Crippen molar-refractivity contribution in [3.05, 3.63) is 29.8 Å². The molecule has 0 aliphatic carbocycles. The van der Waals surface area contributed by atoms with Crippen molar-refractivity contribution in [3.8, 4) is 23.8 Å². The monoisotopic (exact) mass is 281 g/mol. The van der Waals surface area contributed by atoms with E-state index in [0.717, 1.165) is 0 Å². The number of alkyl halides is 2. The zero-order chi connectivity index (χ0) is 15.0. The third-order valence-electron chi connectivity index (χ3n) is 2.20. The fourth-order valence-electron chi connectivity index (χ4n) is 1.35. The number of amides is 1. The van der Waals surface area contributed by atoms with Gasteiger partial charge in [0.1, 0.15) is 0 Å². The Labute approximate surface area is 115 Å². The van der Waals surface area contributed by atoms with Gasteiger partial charge in [-0.05, 0) is 23.8 Å². The van der Waals surface area contributed by atoms with Crippen LogP contribution in [0.1, 0.15) is 5.56 Å². The molecule has 6 heteroatoms. The molecule has 4 nitrogen and oxygen atoms in total. The van der Waals surface area contributed by atoms with Gasteiger partial charge in [-0.2, -0.15) is 8.78 Å². The van der Waals surface area contributed by atoms with Crippen LogP contribution in [0.3, 0.4) is 0 Å². The predicted molar refractivity (Wildman–Crippen MR) is 70.5 cm³/mol. The summed E-state index contributed by atoms with van der Waals surface area (Å²) in [5.41, 5.74) is 0.597. The van der Waals surface area contributed by atoms with Gasteiger partial charge in [0, 0.05) is 6.08 Å². The largest absolute Gasteiger partial charge is 0.493 e. The van der Waals surface area contributed by atoms with E-state index in [1.807, 2.05) is 0 Å². The lowest BCUT2D eigenvalue weighted by Gasteiger charge is -2.10. The van der Waals surface area contributed by atoms with Gasteiger partial charge in [0.2, 0.25) is 5.91 Å². The van der Waals surface area contributed by atoms with E-state index in [2.05, 4.69) is 16.0 Å². The molecule has 1 aromatic rings. The molecule has 0 bridgehead atoms. The molecule has 0 aliphatic heterocycles. The minimum absolute atomic E-state index is 0.0727. The zero-order valence-corrected chi connectivity index (χ0v) is 10.7. The third-order valence-corrected chi connectivity index (χ3v) is 2.20. The second-order valence-corrected chi connectivity index (χ2v) is 3.54. The lowest BCUT2D eigenvalue weighted by Crippen LogP contribution is -2.20. The van der Waals surface area contributed by atoms with Gasteiger partial charge in [-0.3, -0.25) is 4.79 Å². The van der Waals surface area contributed by atoms with Crippen molar-refractivity contribution in [1.82, 2.24) is 5.32 Å². The van der Waals surface area contributed by atoms with Crippen molar-refractivity contribution in [2.75, 3.05) is 13.7 Å². The smallest absolute Gasteiger partial charge is 0.387 e. The molecule has 1 rings (SSSR count). The molecule has 0 radical (unpaired) electrons. The number of terminal acetylenes is 1. The Morgan fingerprint density at radius 2 is 2.25 bits per heavy atom. The van der Waals surface area contributed by atoms with Gasteiger partial charge in [-0.15, -0.1) is 6.42 Å². The van der Waals surface area contributed by atoms with Crippen molar-refractivity contribution in [1.29, 1.82) is 0 Å². The number of halogens is 2. The summed E-state index contributed by atoms with van der Waals surface area (Å²) in [5.74, 6) is 1.99. The molecule has 0 atom stereocenters. The molecule has 1 N–H and O–H groups in total. The van der Waals surface area contributed by atoms with Crippen LogP contribution >= 0.6 is 0 Å². The summed E-state index contributed by atoms with van der Waals surface area (Å²) in [5, 5.41) is 2.45. The van der Waals surface area contributed by atoms with E-state index >= 15 is 0 Å². The molecule has 1 amide bonds.